The Bertz CT molecular complexity index is 653. The summed E-state index contributed by atoms with van der Waals surface area (Å²) < 4.78 is 7.13. The van der Waals surface area contributed by atoms with Gasteiger partial charge in [-0.05, 0) is 35.4 Å². The van der Waals surface area contributed by atoms with Gasteiger partial charge in [-0.25, -0.2) is 4.52 Å². The summed E-state index contributed by atoms with van der Waals surface area (Å²) in [5, 5.41) is 0. The minimum atomic E-state index is 0.915. The van der Waals surface area contributed by atoms with Gasteiger partial charge in [-0.1, -0.05) is 18.2 Å². The quantitative estimate of drug-likeness (QED) is 0.767. The van der Waals surface area contributed by atoms with Crippen molar-refractivity contribution in [2.45, 2.75) is 6.92 Å². The molecule has 0 amide bonds. The van der Waals surface area contributed by atoms with Crippen LogP contribution < -0.4 is 9.64 Å². The number of rotatable bonds is 2. The Kier molecular flexibility index (Phi) is 2.95. The van der Waals surface area contributed by atoms with E-state index in [9.17, 15) is 0 Å². The van der Waals surface area contributed by atoms with E-state index >= 15 is 0 Å². The van der Waals surface area contributed by atoms with Crippen molar-refractivity contribution in [3.63, 3.8) is 0 Å². The zero-order valence-electron chi connectivity index (χ0n) is 11.2. The largest absolute Gasteiger partial charge is 0.344 e. The zero-order valence-corrected chi connectivity index (χ0v) is 11.2. The maximum Gasteiger partial charge on any atom is 0.261 e. The Morgan fingerprint density at radius 3 is 2.79 bits per heavy atom. The minimum Gasteiger partial charge on any atom is -0.344 e. The van der Waals surface area contributed by atoms with Crippen LogP contribution in [0, 0.1) is 6.92 Å². The summed E-state index contributed by atoms with van der Waals surface area (Å²) in [4.78, 5) is 2.25. The van der Waals surface area contributed by atoms with Gasteiger partial charge in [0.1, 0.15) is 0 Å². The molecule has 3 nitrogen and oxygen atoms in total. The molecule has 0 unspecified atom stereocenters. The van der Waals surface area contributed by atoms with Crippen LogP contribution in [-0.4, -0.2) is 6.54 Å². The van der Waals surface area contributed by atoms with E-state index in [1.54, 1.807) is 11.0 Å². The average Bonchev–Trinajstić information content (AvgIpc) is 2.86. The van der Waals surface area contributed by atoms with Crippen molar-refractivity contribution in [1.82, 2.24) is 0 Å². The molecule has 1 aliphatic rings. The van der Waals surface area contributed by atoms with Gasteiger partial charge in [0.2, 0.25) is 0 Å². The van der Waals surface area contributed by atoms with Gasteiger partial charge < -0.3 is 4.90 Å². The van der Waals surface area contributed by atoms with Crippen LogP contribution >= 0.6 is 0 Å². The van der Waals surface area contributed by atoms with Gasteiger partial charge in [-0.2, -0.15) is 0 Å². The number of allylic oxidation sites excluding steroid dienone is 2. The molecule has 2 heterocycles. The number of benzene rings is 1. The highest BCUT2D eigenvalue weighted by Crippen LogP contribution is 2.29. The van der Waals surface area contributed by atoms with Crippen LogP contribution in [0.5, 0.6) is 0 Å². The lowest BCUT2D eigenvalue weighted by Crippen LogP contribution is -2.27. The first-order valence-electron chi connectivity index (χ1n) is 6.41. The van der Waals surface area contributed by atoms with Crippen molar-refractivity contribution in [2.24, 2.45) is 7.05 Å². The topological polar surface area (TPSA) is 20.3 Å². The standard InChI is InChI=1S/C16H17N2O/c1-13-14(16-9-12-19-17(16)2)7-6-8-15(13)18-10-4-3-5-11-18/h3-10,12H,11H2,1-2H3/q+1. The van der Waals surface area contributed by atoms with E-state index in [2.05, 4.69) is 54.5 Å². The normalized spacial score (nSPS) is 14.1. The Labute approximate surface area is 113 Å². The van der Waals surface area contributed by atoms with Gasteiger partial charge in [0.15, 0.2) is 13.3 Å². The molecule has 3 heteroatoms. The molecule has 19 heavy (non-hydrogen) atoms. The first-order chi connectivity index (χ1) is 9.27. The van der Waals surface area contributed by atoms with E-state index in [1.165, 1.54) is 16.8 Å². The SMILES string of the molecule is Cc1c(-c2cco[n+]2C)cccc1N1C=CC=CC1. The molecule has 0 N–H and O–H groups in total. The van der Waals surface area contributed by atoms with Gasteiger partial charge in [-0.3, -0.25) is 0 Å². The van der Waals surface area contributed by atoms with Gasteiger partial charge in [0.05, 0.1) is 11.6 Å². The highest BCUT2D eigenvalue weighted by atomic mass is 16.5. The predicted octanol–water partition coefficient (Wildman–Crippen LogP) is 2.97. The van der Waals surface area contributed by atoms with Crippen molar-refractivity contribution < 1.29 is 9.26 Å². The summed E-state index contributed by atoms with van der Waals surface area (Å²) in [5.74, 6) is 0. The third-order valence-electron chi connectivity index (χ3n) is 3.49. The predicted molar refractivity (Wildman–Crippen MR) is 75.7 cm³/mol. The molecule has 96 valence electrons. The molecule has 1 aromatic carbocycles. The van der Waals surface area contributed by atoms with Crippen LogP contribution in [0.1, 0.15) is 5.56 Å². The van der Waals surface area contributed by atoms with Crippen molar-refractivity contribution in [3.05, 3.63) is 60.5 Å². The Morgan fingerprint density at radius 2 is 2.11 bits per heavy atom. The highest BCUT2D eigenvalue weighted by Gasteiger charge is 2.18. The van der Waals surface area contributed by atoms with Crippen LogP contribution in [0.15, 0.2) is 59.5 Å². The lowest BCUT2D eigenvalue weighted by atomic mass is 10.0. The minimum absolute atomic E-state index is 0.915. The number of nitrogens with zero attached hydrogens (tertiary/aromatic N) is 2. The first-order valence-corrected chi connectivity index (χ1v) is 6.41. The fraction of sp³-hybridized carbons (Fsp3) is 0.188. The lowest BCUT2D eigenvalue weighted by Gasteiger charge is -2.23. The summed E-state index contributed by atoms with van der Waals surface area (Å²) in [6.45, 7) is 3.07. The highest BCUT2D eigenvalue weighted by molar-refractivity contribution is 5.71. The summed E-state index contributed by atoms with van der Waals surface area (Å²) in [7, 11) is 1.92. The molecular weight excluding hydrogens is 236 g/mol. The van der Waals surface area contributed by atoms with Crippen LogP contribution in [0.25, 0.3) is 11.3 Å². The van der Waals surface area contributed by atoms with Crippen molar-refractivity contribution >= 4 is 5.69 Å². The van der Waals surface area contributed by atoms with E-state index in [1.807, 2.05) is 13.1 Å². The second kappa shape index (κ2) is 4.76. The molecule has 0 aliphatic carbocycles. The molecule has 0 radical (unpaired) electrons. The van der Waals surface area contributed by atoms with Gasteiger partial charge in [0.25, 0.3) is 5.69 Å². The molecule has 1 aliphatic heterocycles. The molecular formula is C16H17N2O+. The molecule has 0 bridgehead atoms. The molecule has 0 saturated carbocycles. The second-order valence-electron chi connectivity index (χ2n) is 4.66. The van der Waals surface area contributed by atoms with E-state index < -0.39 is 0 Å². The third-order valence-corrected chi connectivity index (χ3v) is 3.49. The first kappa shape index (κ1) is 11.8. The lowest BCUT2D eigenvalue weighted by molar-refractivity contribution is -0.836. The third kappa shape index (κ3) is 2.08. The zero-order chi connectivity index (χ0) is 13.2. The van der Waals surface area contributed by atoms with E-state index in [4.69, 9.17) is 4.52 Å². The van der Waals surface area contributed by atoms with Crippen LogP contribution in [0.4, 0.5) is 5.69 Å². The summed E-state index contributed by atoms with van der Waals surface area (Å²) in [5.41, 5.74) is 4.80. The number of hydrogen-bond donors (Lipinski definition) is 0. The number of aryl methyl sites for hydroxylation is 1. The van der Waals surface area contributed by atoms with Crippen molar-refractivity contribution in [2.75, 3.05) is 11.4 Å². The van der Waals surface area contributed by atoms with Gasteiger partial charge >= 0.3 is 0 Å². The van der Waals surface area contributed by atoms with E-state index in [0.29, 0.717) is 0 Å². The summed E-state index contributed by atoms with van der Waals surface area (Å²) in [6.07, 6.45) is 10.1. The number of hydrogen-bond acceptors (Lipinski definition) is 2. The van der Waals surface area contributed by atoms with Crippen LogP contribution in [0.2, 0.25) is 0 Å². The van der Waals surface area contributed by atoms with Gasteiger partial charge in [0, 0.05) is 18.4 Å². The van der Waals surface area contributed by atoms with Crippen LogP contribution in [-0.2, 0) is 7.05 Å². The molecule has 0 fully saturated rings. The Balaban J connectivity index is 2.07. The molecule has 2 aromatic rings. The maximum atomic E-state index is 5.34. The second-order valence-corrected chi connectivity index (χ2v) is 4.66. The fourth-order valence-electron chi connectivity index (χ4n) is 2.47. The molecule has 0 saturated heterocycles. The maximum absolute atomic E-state index is 5.34. The van der Waals surface area contributed by atoms with Crippen LogP contribution in [0.3, 0.4) is 0 Å². The number of anilines is 1. The van der Waals surface area contributed by atoms with E-state index in [0.717, 1.165) is 12.2 Å². The number of aromatic nitrogens is 1. The average molecular weight is 253 g/mol. The van der Waals surface area contributed by atoms with Crippen molar-refractivity contribution in [3.8, 4) is 11.3 Å². The smallest absolute Gasteiger partial charge is 0.261 e. The molecule has 1 aromatic heterocycles. The van der Waals surface area contributed by atoms with Gasteiger partial charge in [-0.15, -0.1) is 0 Å². The van der Waals surface area contributed by atoms with Crippen molar-refractivity contribution in [1.29, 1.82) is 0 Å². The monoisotopic (exact) mass is 253 g/mol. The molecule has 0 spiro atoms. The van der Waals surface area contributed by atoms with E-state index in [-0.39, 0.29) is 0 Å². The molecule has 3 rings (SSSR count). The summed E-state index contributed by atoms with van der Waals surface area (Å²) in [6, 6.07) is 8.38. The Morgan fingerprint density at radius 1 is 1.21 bits per heavy atom. The molecule has 0 atom stereocenters. The summed E-state index contributed by atoms with van der Waals surface area (Å²) >= 11 is 0. The Hall–Kier alpha value is -2.29. The fourth-order valence-corrected chi connectivity index (χ4v) is 2.47.